The van der Waals surface area contributed by atoms with Gasteiger partial charge in [-0.05, 0) is 96.8 Å². The molecule has 3 aliphatic rings. The summed E-state index contributed by atoms with van der Waals surface area (Å²) in [7, 11) is -2.94. The molecule has 168 valence electrons. The van der Waals surface area contributed by atoms with Crippen LogP contribution in [0.5, 0.6) is 5.75 Å². The summed E-state index contributed by atoms with van der Waals surface area (Å²) in [4.78, 5) is 4.11. The number of hydrogen-bond acceptors (Lipinski definition) is 7. The van der Waals surface area contributed by atoms with Crippen LogP contribution < -0.4 is 10.1 Å². The molecule has 30 heavy (non-hydrogen) atoms. The average molecular weight is 456 g/mol. The van der Waals surface area contributed by atoms with Crippen LogP contribution in [-0.2, 0) is 32.0 Å². The highest BCUT2D eigenvalue weighted by atomic mass is 32.2. The second-order valence-corrected chi connectivity index (χ2v) is 12.3. The molecule has 0 aliphatic heterocycles. The van der Waals surface area contributed by atoms with Gasteiger partial charge in [0, 0.05) is 6.26 Å². The number of sulfone groups is 1. The predicted octanol–water partition coefficient (Wildman–Crippen LogP) is 4.53. The standard InChI is InChI=1S/C22H33NO5S2/c1-4-14-11-19-15(12-21(14)26-29-28-27-23)5-7-18-17(19)9-10-22(2)16(6-8-20(18)22)13-30(3,24)25/h11-12,16-18,20H,4-10,13,23H2,1-3H3/t16-,17+,18-,20+,22-/m1/s1. The monoisotopic (exact) mass is 455 g/mol. The normalized spacial score (nSPS) is 32.9. The summed E-state index contributed by atoms with van der Waals surface area (Å²) in [5.74, 6) is 8.21. The van der Waals surface area contributed by atoms with Crippen molar-refractivity contribution in [3.63, 3.8) is 0 Å². The van der Waals surface area contributed by atoms with Gasteiger partial charge in [0.1, 0.15) is 15.6 Å². The van der Waals surface area contributed by atoms with E-state index in [4.69, 9.17) is 10.1 Å². The van der Waals surface area contributed by atoms with Gasteiger partial charge in [-0.3, -0.25) is 0 Å². The average Bonchev–Trinajstić information content (AvgIpc) is 3.02. The molecule has 2 saturated carbocycles. The van der Waals surface area contributed by atoms with E-state index in [0.717, 1.165) is 55.7 Å². The Morgan fingerprint density at radius 2 is 2.03 bits per heavy atom. The van der Waals surface area contributed by atoms with Crippen LogP contribution in [0.3, 0.4) is 0 Å². The van der Waals surface area contributed by atoms with E-state index < -0.39 is 9.84 Å². The fourth-order valence-corrected chi connectivity index (χ4v) is 8.38. The van der Waals surface area contributed by atoms with E-state index in [9.17, 15) is 8.42 Å². The topological polar surface area (TPSA) is 87.8 Å². The molecule has 0 unspecified atom stereocenters. The summed E-state index contributed by atoms with van der Waals surface area (Å²) < 4.78 is 34.3. The van der Waals surface area contributed by atoms with Gasteiger partial charge in [0.25, 0.3) is 12.3 Å². The third kappa shape index (κ3) is 4.13. The molecule has 8 heteroatoms. The van der Waals surface area contributed by atoms with E-state index >= 15 is 0 Å². The molecule has 1 aromatic carbocycles. The van der Waals surface area contributed by atoms with E-state index in [1.54, 1.807) is 0 Å². The van der Waals surface area contributed by atoms with E-state index in [0.29, 0.717) is 29.4 Å². The zero-order valence-corrected chi connectivity index (χ0v) is 19.7. The van der Waals surface area contributed by atoms with Crippen molar-refractivity contribution < 1.29 is 21.9 Å². The third-order valence-electron chi connectivity index (χ3n) is 8.18. The third-order valence-corrected chi connectivity index (χ3v) is 9.57. The van der Waals surface area contributed by atoms with Crippen molar-refractivity contribution in [2.75, 3.05) is 12.0 Å². The summed E-state index contributed by atoms with van der Waals surface area (Å²) in [6, 6.07) is 4.49. The first-order valence-corrected chi connectivity index (χ1v) is 13.7. The summed E-state index contributed by atoms with van der Waals surface area (Å²) >= 11 is 0.730. The van der Waals surface area contributed by atoms with Gasteiger partial charge in [-0.2, -0.15) is 5.90 Å². The Bertz CT molecular complexity index is 890. The molecule has 0 spiro atoms. The molecule has 1 aromatic rings. The molecular formula is C22H33NO5S2. The Morgan fingerprint density at radius 1 is 1.23 bits per heavy atom. The largest absolute Gasteiger partial charge is 0.398 e. The minimum atomic E-state index is -2.94. The molecule has 2 fully saturated rings. The maximum atomic E-state index is 12.0. The van der Waals surface area contributed by atoms with E-state index in [-0.39, 0.29) is 5.41 Å². The van der Waals surface area contributed by atoms with Crippen LogP contribution in [0.4, 0.5) is 0 Å². The highest BCUT2D eigenvalue weighted by Crippen LogP contribution is 2.63. The number of hydrogen-bond donors (Lipinski definition) is 1. The number of aryl methyl sites for hydroxylation is 2. The molecule has 3 aliphatic carbocycles. The molecule has 0 amide bonds. The van der Waals surface area contributed by atoms with E-state index in [1.165, 1.54) is 30.2 Å². The van der Waals surface area contributed by atoms with Crippen LogP contribution in [0.25, 0.3) is 0 Å². The van der Waals surface area contributed by atoms with Crippen LogP contribution in [0, 0.1) is 23.2 Å². The Hall–Kier alpha value is -0.800. The van der Waals surface area contributed by atoms with Gasteiger partial charge in [0.05, 0.1) is 5.75 Å². The minimum Gasteiger partial charge on any atom is -0.398 e. The molecular weight excluding hydrogens is 422 g/mol. The van der Waals surface area contributed by atoms with Crippen molar-refractivity contribution in [1.82, 2.24) is 0 Å². The lowest BCUT2D eigenvalue weighted by Gasteiger charge is -2.51. The van der Waals surface area contributed by atoms with Crippen molar-refractivity contribution >= 4 is 22.2 Å². The fraction of sp³-hybridized carbons (Fsp3) is 0.727. The van der Waals surface area contributed by atoms with Gasteiger partial charge < -0.3 is 4.18 Å². The smallest absolute Gasteiger partial charge is 0.260 e. The first kappa shape index (κ1) is 22.4. The Balaban J connectivity index is 1.58. The van der Waals surface area contributed by atoms with Gasteiger partial charge in [-0.25, -0.2) is 8.42 Å². The van der Waals surface area contributed by atoms with Crippen molar-refractivity contribution in [2.45, 2.75) is 64.7 Å². The first-order valence-electron chi connectivity index (χ1n) is 11.0. The number of benzene rings is 1. The summed E-state index contributed by atoms with van der Waals surface area (Å²) in [5, 5.41) is 0. The second kappa shape index (κ2) is 8.62. The second-order valence-electron chi connectivity index (χ2n) is 9.65. The van der Waals surface area contributed by atoms with Gasteiger partial charge in [0.2, 0.25) is 0 Å². The maximum absolute atomic E-state index is 12.0. The van der Waals surface area contributed by atoms with Crippen molar-refractivity contribution in [1.29, 1.82) is 0 Å². The Kier molecular flexibility index (Phi) is 6.43. The SMILES string of the molecule is CCc1cc2c(cc1OSOON)CC[C@@H]1[C@@H]2CC[C@]2(C)[C@@H](CS(C)(=O)=O)CC[C@@H]12. The molecule has 0 bridgehead atoms. The highest BCUT2D eigenvalue weighted by molar-refractivity contribution is 7.90. The highest BCUT2D eigenvalue weighted by Gasteiger charge is 2.55. The van der Waals surface area contributed by atoms with Crippen LogP contribution in [0.2, 0.25) is 0 Å². The van der Waals surface area contributed by atoms with Crippen LogP contribution in [0.1, 0.15) is 68.6 Å². The maximum Gasteiger partial charge on any atom is 0.260 e. The van der Waals surface area contributed by atoms with Crippen LogP contribution >= 0.6 is 12.3 Å². The number of fused-ring (bicyclic) bond motifs is 5. The van der Waals surface area contributed by atoms with Gasteiger partial charge >= 0.3 is 0 Å². The lowest BCUT2D eigenvalue weighted by atomic mass is 9.54. The minimum absolute atomic E-state index is 0.161. The van der Waals surface area contributed by atoms with E-state index in [2.05, 4.69) is 35.3 Å². The van der Waals surface area contributed by atoms with E-state index in [1.807, 2.05) is 0 Å². The van der Waals surface area contributed by atoms with Crippen molar-refractivity contribution in [3.05, 3.63) is 28.8 Å². The van der Waals surface area contributed by atoms with Crippen LogP contribution in [-0.4, -0.2) is 20.4 Å². The van der Waals surface area contributed by atoms with Crippen molar-refractivity contribution in [2.24, 2.45) is 29.1 Å². The Morgan fingerprint density at radius 3 is 2.73 bits per heavy atom. The lowest BCUT2D eigenvalue weighted by Crippen LogP contribution is -2.43. The molecule has 0 aromatic heterocycles. The van der Waals surface area contributed by atoms with Crippen molar-refractivity contribution in [3.8, 4) is 5.75 Å². The van der Waals surface area contributed by atoms with Gasteiger partial charge in [-0.1, -0.05) is 19.9 Å². The number of nitrogens with two attached hydrogens (primary N) is 1. The quantitative estimate of drug-likeness (QED) is 0.280. The van der Waals surface area contributed by atoms with Gasteiger partial charge in [-0.15, -0.1) is 9.32 Å². The lowest BCUT2D eigenvalue weighted by molar-refractivity contribution is -0.199. The zero-order valence-electron chi connectivity index (χ0n) is 18.1. The molecule has 5 atom stereocenters. The summed E-state index contributed by atoms with van der Waals surface area (Å²) in [5.41, 5.74) is 4.17. The Labute approximate surface area is 184 Å². The fourth-order valence-electron chi connectivity index (χ4n) is 6.81. The predicted molar refractivity (Wildman–Crippen MR) is 118 cm³/mol. The van der Waals surface area contributed by atoms with Gasteiger partial charge in [0.15, 0.2) is 0 Å². The molecule has 2 N–H and O–H groups in total. The molecule has 4 rings (SSSR count). The summed E-state index contributed by atoms with van der Waals surface area (Å²) in [6.45, 7) is 4.50. The molecule has 0 heterocycles. The number of rotatable bonds is 7. The molecule has 0 radical (unpaired) electrons. The zero-order chi connectivity index (χ0) is 21.5. The molecule has 6 nitrogen and oxygen atoms in total. The molecule has 0 saturated heterocycles. The first-order chi connectivity index (χ1) is 14.3. The summed E-state index contributed by atoms with van der Waals surface area (Å²) in [6.07, 6.45) is 8.97. The van der Waals surface area contributed by atoms with Crippen LogP contribution in [0.15, 0.2) is 12.1 Å².